The molecular formula is C11H20N2O2. The van der Waals surface area contributed by atoms with Crippen LogP contribution in [0.3, 0.4) is 0 Å². The Labute approximate surface area is 90.9 Å². The van der Waals surface area contributed by atoms with Crippen molar-refractivity contribution in [2.45, 2.75) is 38.2 Å². The zero-order valence-corrected chi connectivity index (χ0v) is 9.08. The van der Waals surface area contributed by atoms with E-state index in [0.717, 1.165) is 12.8 Å². The van der Waals surface area contributed by atoms with Gasteiger partial charge in [0, 0.05) is 13.1 Å². The summed E-state index contributed by atoms with van der Waals surface area (Å²) in [5, 5.41) is 2.66. The van der Waals surface area contributed by atoms with Crippen molar-refractivity contribution in [3.63, 3.8) is 0 Å². The highest BCUT2D eigenvalue weighted by Gasteiger charge is 2.16. The molecule has 1 aliphatic carbocycles. The number of ether oxygens (including phenoxy) is 1. The van der Waals surface area contributed by atoms with Gasteiger partial charge in [0.1, 0.15) is 6.10 Å². The third-order valence-corrected chi connectivity index (χ3v) is 2.49. The van der Waals surface area contributed by atoms with Crippen LogP contribution >= 0.6 is 0 Å². The Balaban J connectivity index is 2.09. The van der Waals surface area contributed by atoms with Gasteiger partial charge in [0.15, 0.2) is 0 Å². The van der Waals surface area contributed by atoms with Gasteiger partial charge in [0.25, 0.3) is 0 Å². The minimum atomic E-state index is -0.316. The quantitative estimate of drug-likeness (QED) is 0.695. The van der Waals surface area contributed by atoms with Gasteiger partial charge < -0.3 is 15.8 Å². The van der Waals surface area contributed by atoms with Crippen LogP contribution in [-0.2, 0) is 4.74 Å². The molecule has 0 heterocycles. The van der Waals surface area contributed by atoms with Gasteiger partial charge in [-0.2, -0.15) is 0 Å². The van der Waals surface area contributed by atoms with Crippen molar-refractivity contribution in [2.75, 3.05) is 13.1 Å². The number of nitrogens with one attached hydrogen (secondary N) is 1. The zero-order chi connectivity index (χ0) is 10.9. The molecule has 1 amide bonds. The second-order valence-electron chi connectivity index (χ2n) is 3.75. The first-order chi connectivity index (χ1) is 7.33. The van der Waals surface area contributed by atoms with Crippen molar-refractivity contribution in [3.8, 4) is 0 Å². The van der Waals surface area contributed by atoms with Crippen molar-refractivity contribution in [3.05, 3.63) is 12.2 Å². The molecule has 0 spiro atoms. The number of nitrogens with two attached hydrogens (primary N) is 1. The Kier molecular flexibility index (Phi) is 5.85. The van der Waals surface area contributed by atoms with Crippen molar-refractivity contribution >= 4 is 6.09 Å². The maximum atomic E-state index is 11.3. The average Bonchev–Trinajstić information content (AvgIpc) is 2.26. The highest BCUT2D eigenvalue weighted by atomic mass is 16.6. The van der Waals surface area contributed by atoms with E-state index < -0.39 is 0 Å². The summed E-state index contributed by atoms with van der Waals surface area (Å²) in [5.41, 5.74) is 5.26. The Morgan fingerprint density at radius 2 is 2.07 bits per heavy atom. The summed E-state index contributed by atoms with van der Waals surface area (Å²) < 4.78 is 5.26. The van der Waals surface area contributed by atoms with Crippen LogP contribution < -0.4 is 11.1 Å². The lowest BCUT2D eigenvalue weighted by atomic mass is 9.98. The average molecular weight is 212 g/mol. The molecule has 3 N–H and O–H groups in total. The molecule has 0 atom stereocenters. The summed E-state index contributed by atoms with van der Waals surface area (Å²) in [7, 11) is 0. The number of amides is 1. The van der Waals surface area contributed by atoms with Crippen molar-refractivity contribution < 1.29 is 9.53 Å². The first-order valence-corrected chi connectivity index (χ1v) is 5.62. The highest BCUT2D eigenvalue weighted by Crippen LogP contribution is 2.20. The summed E-state index contributed by atoms with van der Waals surface area (Å²) in [6.07, 6.45) is 9.05. The standard InChI is InChI=1S/C11H20N2O2/c12-8-4-5-9-13-11(14)15-10-6-2-1-3-7-10/h4-5,10H,1-3,6-9,12H2,(H,13,14)/b5-4+. The summed E-state index contributed by atoms with van der Waals surface area (Å²) in [6.45, 7) is 0.988. The number of carbonyl (C=O) groups is 1. The molecular weight excluding hydrogens is 192 g/mol. The van der Waals surface area contributed by atoms with E-state index in [9.17, 15) is 4.79 Å². The number of rotatable bonds is 4. The third kappa shape index (κ3) is 5.42. The number of alkyl carbamates (subject to hydrolysis) is 1. The van der Waals surface area contributed by atoms with E-state index >= 15 is 0 Å². The predicted octanol–water partition coefficient (Wildman–Crippen LogP) is 1.56. The van der Waals surface area contributed by atoms with Crippen LogP contribution in [0.5, 0.6) is 0 Å². The smallest absolute Gasteiger partial charge is 0.407 e. The number of hydrogen-bond acceptors (Lipinski definition) is 3. The SMILES string of the molecule is NC/C=C/CNC(=O)OC1CCCCC1. The highest BCUT2D eigenvalue weighted by molar-refractivity contribution is 5.67. The topological polar surface area (TPSA) is 64.3 Å². The van der Waals surface area contributed by atoms with E-state index in [1.165, 1.54) is 19.3 Å². The summed E-state index contributed by atoms with van der Waals surface area (Å²) in [6, 6.07) is 0. The molecule has 0 radical (unpaired) electrons. The zero-order valence-electron chi connectivity index (χ0n) is 9.08. The molecule has 0 aliphatic heterocycles. The van der Waals surface area contributed by atoms with E-state index in [2.05, 4.69) is 5.32 Å². The molecule has 0 unspecified atom stereocenters. The van der Waals surface area contributed by atoms with Crippen LogP contribution in [0.15, 0.2) is 12.2 Å². The third-order valence-electron chi connectivity index (χ3n) is 2.49. The van der Waals surface area contributed by atoms with Crippen LogP contribution in [0.2, 0.25) is 0 Å². The summed E-state index contributed by atoms with van der Waals surface area (Å²) >= 11 is 0. The first-order valence-electron chi connectivity index (χ1n) is 5.62. The fourth-order valence-corrected chi connectivity index (χ4v) is 1.70. The van der Waals surface area contributed by atoms with Crippen LogP contribution in [0, 0.1) is 0 Å². The van der Waals surface area contributed by atoms with Crippen LogP contribution in [0.4, 0.5) is 4.79 Å². The second-order valence-corrected chi connectivity index (χ2v) is 3.75. The molecule has 15 heavy (non-hydrogen) atoms. The van der Waals surface area contributed by atoms with Crippen LogP contribution in [-0.4, -0.2) is 25.3 Å². The number of carbonyl (C=O) groups excluding carboxylic acids is 1. The molecule has 4 nitrogen and oxygen atoms in total. The molecule has 1 rings (SSSR count). The predicted molar refractivity (Wildman–Crippen MR) is 59.6 cm³/mol. The fourth-order valence-electron chi connectivity index (χ4n) is 1.70. The van der Waals surface area contributed by atoms with Gasteiger partial charge in [0.05, 0.1) is 0 Å². The molecule has 1 saturated carbocycles. The molecule has 0 aromatic heterocycles. The van der Waals surface area contributed by atoms with Gasteiger partial charge >= 0.3 is 6.09 Å². The van der Waals surface area contributed by atoms with Gasteiger partial charge in [-0.15, -0.1) is 0 Å². The lowest BCUT2D eigenvalue weighted by Crippen LogP contribution is -2.30. The monoisotopic (exact) mass is 212 g/mol. The van der Waals surface area contributed by atoms with Gasteiger partial charge in [-0.25, -0.2) is 4.79 Å². The lowest BCUT2D eigenvalue weighted by Gasteiger charge is -2.21. The molecule has 0 saturated heterocycles. The second kappa shape index (κ2) is 7.29. The van der Waals surface area contributed by atoms with E-state index in [1.807, 2.05) is 6.08 Å². The van der Waals surface area contributed by atoms with Crippen molar-refractivity contribution in [1.82, 2.24) is 5.32 Å². The minimum Gasteiger partial charge on any atom is -0.446 e. The minimum absolute atomic E-state index is 0.122. The van der Waals surface area contributed by atoms with Crippen molar-refractivity contribution in [1.29, 1.82) is 0 Å². The van der Waals surface area contributed by atoms with Crippen LogP contribution in [0.1, 0.15) is 32.1 Å². The van der Waals surface area contributed by atoms with E-state index in [0.29, 0.717) is 13.1 Å². The van der Waals surface area contributed by atoms with E-state index in [-0.39, 0.29) is 12.2 Å². The van der Waals surface area contributed by atoms with Gasteiger partial charge in [0.2, 0.25) is 0 Å². The number of hydrogen-bond donors (Lipinski definition) is 2. The molecule has 4 heteroatoms. The van der Waals surface area contributed by atoms with E-state index in [1.54, 1.807) is 6.08 Å². The van der Waals surface area contributed by atoms with Gasteiger partial charge in [-0.05, 0) is 25.7 Å². The fraction of sp³-hybridized carbons (Fsp3) is 0.727. The van der Waals surface area contributed by atoms with Gasteiger partial charge in [-0.3, -0.25) is 0 Å². The normalized spacial score (nSPS) is 17.9. The molecule has 1 fully saturated rings. The molecule has 0 aromatic rings. The van der Waals surface area contributed by atoms with Crippen LogP contribution in [0.25, 0.3) is 0 Å². The molecule has 86 valence electrons. The lowest BCUT2D eigenvalue weighted by molar-refractivity contribution is 0.0761. The maximum Gasteiger partial charge on any atom is 0.407 e. The summed E-state index contributed by atoms with van der Waals surface area (Å²) in [5.74, 6) is 0. The summed E-state index contributed by atoms with van der Waals surface area (Å²) in [4.78, 5) is 11.3. The Bertz CT molecular complexity index is 211. The largest absolute Gasteiger partial charge is 0.446 e. The Morgan fingerprint density at radius 1 is 1.33 bits per heavy atom. The van der Waals surface area contributed by atoms with E-state index in [4.69, 9.17) is 10.5 Å². The molecule has 1 aliphatic rings. The van der Waals surface area contributed by atoms with Gasteiger partial charge in [-0.1, -0.05) is 18.6 Å². The molecule has 0 bridgehead atoms. The maximum absolute atomic E-state index is 11.3. The molecule has 0 aromatic carbocycles. The Hall–Kier alpha value is -1.03. The Morgan fingerprint density at radius 3 is 2.73 bits per heavy atom. The van der Waals surface area contributed by atoms with Crippen molar-refractivity contribution in [2.24, 2.45) is 5.73 Å². The first kappa shape index (κ1) is 12.0.